The Morgan fingerprint density at radius 3 is 2.65 bits per heavy atom. The van der Waals surface area contributed by atoms with Gasteiger partial charge in [0.1, 0.15) is 11.6 Å². The maximum atomic E-state index is 12.2. The van der Waals surface area contributed by atoms with E-state index in [2.05, 4.69) is 22.1 Å². The Morgan fingerprint density at radius 1 is 1.53 bits per heavy atom. The molecular weight excluding hydrogens is 252 g/mol. The molecule has 4 nitrogen and oxygen atoms in total. The lowest BCUT2D eigenvalue weighted by Crippen LogP contribution is -2.11. The highest BCUT2D eigenvalue weighted by atomic mass is 32.1. The van der Waals surface area contributed by atoms with Gasteiger partial charge in [-0.2, -0.15) is 14.0 Å². The first-order valence-electron chi connectivity index (χ1n) is 4.30. The number of methoxy groups -OCH3 is 1. The number of benzene rings is 1. The molecule has 0 aliphatic rings. The number of rotatable bonds is 3. The maximum Gasteiger partial charge on any atom is 0.387 e. The van der Waals surface area contributed by atoms with Crippen molar-refractivity contribution in [2.75, 3.05) is 7.11 Å². The van der Waals surface area contributed by atoms with Gasteiger partial charge in [-0.15, -0.1) is 12.6 Å². The Morgan fingerprint density at radius 2 is 2.18 bits per heavy atom. The summed E-state index contributed by atoms with van der Waals surface area (Å²) in [4.78, 5) is 11.4. The maximum absolute atomic E-state index is 12.2. The van der Waals surface area contributed by atoms with Crippen molar-refractivity contribution in [1.29, 1.82) is 5.26 Å². The van der Waals surface area contributed by atoms with Crippen LogP contribution < -0.4 is 4.74 Å². The van der Waals surface area contributed by atoms with E-state index < -0.39 is 18.3 Å². The third kappa shape index (κ3) is 2.85. The van der Waals surface area contributed by atoms with E-state index in [0.717, 1.165) is 7.11 Å². The molecule has 0 N–H and O–H groups in total. The molecular formula is C10H7F2NO3S. The smallest absolute Gasteiger partial charge is 0.387 e. The summed E-state index contributed by atoms with van der Waals surface area (Å²) in [5, 5.41) is 8.79. The molecule has 0 fully saturated rings. The minimum absolute atomic E-state index is 0.0182. The Kier molecular flexibility index (Phi) is 4.29. The van der Waals surface area contributed by atoms with Crippen LogP contribution in [0.3, 0.4) is 0 Å². The SMILES string of the molecule is COC(=O)c1c(C#N)ccc(S)c1OC(F)F. The molecule has 1 aromatic carbocycles. The van der Waals surface area contributed by atoms with E-state index in [9.17, 15) is 13.6 Å². The summed E-state index contributed by atoms with van der Waals surface area (Å²) in [7, 11) is 1.07. The average Bonchev–Trinajstić information content (AvgIpc) is 2.30. The van der Waals surface area contributed by atoms with Crippen LogP contribution in [0.25, 0.3) is 0 Å². The van der Waals surface area contributed by atoms with Gasteiger partial charge >= 0.3 is 12.6 Å². The van der Waals surface area contributed by atoms with Crippen molar-refractivity contribution in [1.82, 2.24) is 0 Å². The second-order valence-electron chi connectivity index (χ2n) is 2.82. The zero-order valence-electron chi connectivity index (χ0n) is 8.61. The zero-order valence-corrected chi connectivity index (χ0v) is 9.50. The summed E-state index contributed by atoms with van der Waals surface area (Å²) in [5.74, 6) is -1.40. The van der Waals surface area contributed by atoms with Crippen LogP contribution in [0.15, 0.2) is 17.0 Å². The molecule has 0 amide bonds. The molecule has 0 aromatic heterocycles. The Hall–Kier alpha value is -1.81. The number of nitriles is 1. The lowest BCUT2D eigenvalue weighted by molar-refractivity contribution is -0.0522. The lowest BCUT2D eigenvalue weighted by Gasteiger charge is -2.12. The predicted octanol–water partition coefficient (Wildman–Crippen LogP) is 2.23. The molecule has 0 spiro atoms. The second kappa shape index (κ2) is 5.50. The minimum atomic E-state index is -3.13. The number of hydrogen-bond donors (Lipinski definition) is 1. The van der Waals surface area contributed by atoms with Gasteiger partial charge in [-0.3, -0.25) is 0 Å². The predicted molar refractivity (Wildman–Crippen MR) is 56.4 cm³/mol. The number of alkyl halides is 2. The fourth-order valence-corrected chi connectivity index (χ4v) is 1.42. The Labute approximate surface area is 101 Å². The number of nitrogens with zero attached hydrogens (tertiary/aromatic N) is 1. The van der Waals surface area contributed by atoms with Crippen LogP contribution >= 0.6 is 12.6 Å². The van der Waals surface area contributed by atoms with Crippen molar-refractivity contribution in [3.63, 3.8) is 0 Å². The Bertz CT molecular complexity index is 485. The fourth-order valence-electron chi connectivity index (χ4n) is 1.18. The van der Waals surface area contributed by atoms with Crippen LogP contribution in [0.1, 0.15) is 15.9 Å². The number of halogens is 2. The van der Waals surface area contributed by atoms with E-state index in [-0.39, 0.29) is 16.0 Å². The van der Waals surface area contributed by atoms with Gasteiger partial charge in [0.15, 0.2) is 5.75 Å². The first kappa shape index (κ1) is 13.3. The molecule has 17 heavy (non-hydrogen) atoms. The summed E-state index contributed by atoms with van der Waals surface area (Å²) in [5.41, 5.74) is -0.479. The zero-order chi connectivity index (χ0) is 13.0. The summed E-state index contributed by atoms with van der Waals surface area (Å²) in [6.45, 7) is -3.13. The van der Waals surface area contributed by atoms with Crippen LogP contribution in [0.4, 0.5) is 8.78 Å². The minimum Gasteiger partial charge on any atom is -0.465 e. The van der Waals surface area contributed by atoms with Gasteiger partial charge in [0.2, 0.25) is 0 Å². The van der Waals surface area contributed by atoms with E-state index >= 15 is 0 Å². The summed E-state index contributed by atoms with van der Waals surface area (Å²) in [6.07, 6.45) is 0. The number of carbonyl (C=O) groups is 1. The third-order valence-corrected chi connectivity index (χ3v) is 2.21. The van der Waals surface area contributed by atoms with E-state index in [1.807, 2.05) is 0 Å². The van der Waals surface area contributed by atoms with Gasteiger partial charge in [0.05, 0.1) is 12.7 Å². The van der Waals surface area contributed by atoms with Gasteiger partial charge in [0.25, 0.3) is 0 Å². The van der Waals surface area contributed by atoms with Crippen molar-refractivity contribution in [3.05, 3.63) is 23.3 Å². The topological polar surface area (TPSA) is 59.3 Å². The molecule has 7 heteroatoms. The number of carbonyl (C=O) groups excluding carboxylic acids is 1. The molecule has 0 unspecified atom stereocenters. The fraction of sp³-hybridized carbons (Fsp3) is 0.200. The molecule has 0 heterocycles. The van der Waals surface area contributed by atoms with Gasteiger partial charge in [0, 0.05) is 4.90 Å². The van der Waals surface area contributed by atoms with Crippen LogP contribution in [0, 0.1) is 11.3 Å². The molecule has 0 aliphatic heterocycles. The molecule has 0 atom stereocenters. The highest BCUT2D eigenvalue weighted by Crippen LogP contribution is 2.31. The Balaban J connectivity index is 3.43. The van der Waals surface area contributed by atoms with Gasteiger partial charge in [-0.05, 0) is 12.1 Å². The molecule has 1 rings (SSSR count). The molecule has 0 saturated heterocycles. The first-order chi connectivity index (χ1) is 8.01. The number of ether oxygens (including phenoxy) is 2. The highest BCUT2D eigenvalue weighted by Gasteiger charge is 2.23. The van der Waals surface area contributed by atoms with Crippen LogP contribution in [-0.4, -0.2) is 19.7 Å². The number of thiol groups is 1. The van der Waals surface area contributed by atoms with Crippen LogP contribution in [0.5, 0.6) is 5.75 Å². The van der Waals surface area contributed by atoms with Crippen molar-refractivity contribution in [2.45, 2.75) is 11.5 Å². The van der Waals surface area contributed by atoms with Gasteiger partial charge < -0.3 is 9.47 Å². The molecule has 0 aliphatic carbocycles. The van der Waals surface area contributed by atoms with Crippen molar-refractivity contribution in [3.8, 4) is 11.8 Å². The van der Waals surface area contributed by atoms with Crippen molar-refractivity contribution in [2.24, 2.45) is 0 Å². The van der Waals surface area contributed by atoms with E-state index in [1.54, 1.807) is 6.07 Å². The van der Waals surface area contributed by atoms with Crippen molar-refractivity contribution < 1.29 is 23.0 Å². The summed E-state index contributed by atoms with van der Waals surface area (Å²) < 4.78 is 33.0. The average molecular weight is 259 g/mol. The molecule has 0 saturated carbocycles. The van der Waals surface area contributed by atoms with E-state index in [1.165, 1.54) is 12.1 Å². The molecule has 1 aromatic rings. The summed E-state index contributed by atoms with van der Waals surface area (Å²) >= 11 is 3.89. The third-order valence-electron chi connectivity index (χ3n) is 1.85. The van der Waals surface area contributed by atoms with E-state index in [0.29, 0.717) is 0 Å². The van der Waals surface area contributed by atoms with Crippen LogP contribution in [-0.2, 0) is 4.74 Å². The number of esters is 1. The second-order valence-corrected chi connectivity index (χ2v) is 3.30. The highest BCUT2D eigenvalue weighted by molar-refractivity contribution is 7.80. The van der Waals surface area contributed by atoms with Gasteiger partial charge in [-0.1, -0.05) is 0 Å². The van der Waals surface area contributed by atoms with Crippen LogP contribution in [0.2, 0.25) is 0 Å². The largest absolute Gasteiger partial charge is 0.465 e. The molecule has 90 valence electrons. The standard InChI is InChI=1S/C10H7F2NO3S/c1-15-9(14)7-5(4-13)2-3-6(17)8(7)16-10(11)12/h2-3,10,17H,1H3. The number of hydrogen-bond acceptors (Lipinski definition) is 5. The normalized spacial score (nSPS) is 9.88. The van der Waals surface area contributed by atoms with E-state index in [4.69, 9.17) is 5.26 Å². The van der Waals surface area contributed by atoms with Gasteiger partial charge in [-0.25, -0.2) is 4.79 Å². The monoisotopic (exact) mass is 259 g/mol. The molecule has 0 bridgehead atoms. The summed E-state index contributed by atoms with van der Waals surface area (Å²) in [6, 6.07) is 4.25. The molecule has 0 radical (unpaired) electrons. The quantitative estimate of drug-likeness (QED) is 0.668. The first-order valence-corrected chi connectivity index (χ1v) is 4.75. The van der Waals surface area contributed by atoms with Crippen molar-refractivity contribution >= 4 is 18.6 Å². The lowest BCUT2D eigenvalue weighted by atomic mass is 10.1.